The van der Waals surface area contributed by atoms with Gasteiger partial charge in [-0.05, 0) is 30.9 Å². The van der Waals surface area contributed by atoms with Crippen LogP contribution in [0.3, 0.4) is 0 Å². The summed E-state index contributed by atoms with van der Waals surface area (Å²) in [7, 11) is 0. The maximum Gasteiger partial charge on any atom is 0.344 e. The van der Waals surface area contributed by atoms with E-state index < -0.39 is 5.54 Å². The molecule has 2 aliphatic rings. The maximum absolute atomic E-state index is 12.4. The molecular weight excluding hydrogens is 242 g/mol. The first-order chi connectivity index (χ1) is 8.86. The van der Waals surface area contributed by atoms with Gasteiger partial charge in [0, 0.05) is 0 Å². The minimum Gasteiger partial charge on any atom is -0.321 e. The standard InChI is InChI=1S/C14H17N3O2/c1-9-4-6-10(7-5-9)16-17-11(18)14(15-12(17)19)8-13(14,2)3/h4-7,16H,8H2,1-3H3,(H,15,19). The van der Waals surface area contributed by atoms with E-state index in [4.69, 9.17) is 0 Å². The Morgan fingerprint density at radius 3 is 2.26 bits per heavy atom. The molecule has 1 saturated heterocycles. The number of imide groups is 1. The predicted molar refractivity (Wildman–Crippen MR) is 71.3 cm³/mol. The molecule has 3 amide bonds. The van der Waals surface area contributed by atoms with Crippen LogP contribution in [0.15, 0.2) is 24.3 Å². The molecule has 1 aliphatic carbocycles. The average molecular weight is 259 g/mol. The molecule has 3 rings (SSSR count). The fourth-order valence-corrected chi connectivity index (χ4v) is 2.63. The quantitative estimate of drug-likeness (QED) is 0.799. The van der Waals surface area contributed by atoms with Crippen molar-refractivity contribution in [3.8, 4) is 0 Å². The maximum atomic E-state index is 12.4. The number of aryl methyl sites for hydroxylation is 1. The van der Waals surface area contributed by atoms with Crippen LogP contribution in [-0.2, 0) is 4.79 Å². The van der Waals surface area contributed by atoms with Crippen molar-refractivity contribution in [1.82, 2.24) is 10.3 Å². The fourth-order valence-electron chi connectivity index (χ4n) is 2.63. The van der Waals surface area contributed by atoms with Crippen LogP contribution in [0.2, 0.25) is 0 Å². The highest BCUT2D eigenvalue weighted by atomic mass is 16.2. The Balaban J connectivity index is 1.81. The topological polar surface area (TPSA) is 61.4 Å². The summed E-state index contributed by atoms with van der Waals surface area (Å²) >= 11 is 0. The Kier molecular flexibility index (Phi) is 2.21. The molecule has 5 nitrogen and oxygen atoms in total. The molecule has 1 aromatic rings. The van der Waals surface area contributed by atoms with E-state index in [2.05, 4.69) is 10.7 Å². The zero-order chi connectivity index (χ0) is 13.8. The van der Waals surface area contributed by atoms with Gasteiger partial charge in [-0.25, -0.2) is 4.79 Å². The van der Waals surface area contributed by atoms with Crippen LogP contribution < -0.4 is 10.7 Å². The van der Waals surface area contributed by atoms with Gasteiger partial charge < -0.3 is 5.32 Å². The highest BCUT2D eigenvalue weighted by molar-refractivity contribution is 6.10. The number of carbonyl (C=O) groups excluding carboxylic acids is 2. The van der Waals surface area contributed by atoms with E-state index in [9.17, 15) is 9.59 Å². The molecule has 1 atom stereocenters. The first-order valence-electron chi connectivity index (χ1n) is 6.36. The lowest BCUT2D eigenvalue weighted by molar-refractivity contribution is -0.128. The molecule has 1 saturated carbocycles. The lowest BCUT2D eigenvalue weighted by Gasteiger charge is -2.16. The van der Waals surface area contributed by atoms with Gasteiger partial charge >= 0.3 is 6.03 Å². The summed E-state index contributed by atoms with van der Waals surface area (Å²) in [5, 5.41) is 3.88. The number of carbonyl (C=O) groups is 2. The summed E-state index contributed by atoms with van der Waals surface area (Å²) in [5.74, 6) is -0.192. The van der Waals surface area contributed by atoms with E-state index in [1.807, 2.05) is 45.0 Å². The van der Waals surface area contributed by atoms with E-state index in [0.717, 1.165) is 16.3 Å². The number of hydrogen-bond donors (Lipinski definition) is 2. The van der Waals surface area contributed by atoms with Crippen LogP contribution >= 0.6 is 0 Å². The number of anilines is 1. The number of rotatable bonds is 2. The average Bonchev–Trinajstić information content (AvgIpc) is 2.81. The Morgan fingerprint density at radius 1 is 1.21 bits per heavy atom. The van der Waals surface area contributed by atoms with E-state index in [0.29, 0.717) is 6.42 Å². The van der Waals surface area contributed by atoms with E-state index >= 15 is 0 Å². The molecule has 19 heavy (non-hydrogen) atoms. The molecular formula is C14H17N3O2. The fraction of sp³-hybridized carbons (Fsp3) is 0.429. The number of hydrogen-bond acceptors (Lipinski definition) is 3. The summed E-state index contributed by atoms with van der Waals surface area (Å²) in [5.41, 5.74) is 3.86. The van der Waals surface area contributed by atoms with Gasteiger partial charge in [0.25, 0.3) is 5.91 Å². The van der Waals surface area contributed by atoms with Crippen LogP contribution in [0.4, 0.5) is 10.5 Å². The lowest BCUT2D eigenvalue weighted by atomic mass is 10.1. The number of hydrazine groups is 1. The van der Waals surface area contributed by atoms with Crippen molar-refractivity contribution >= 4 is 17.6 Å². The molecule has 0 bridgehead atoms. The third-order valence-corrected chi connectivity index (χ3v) is 4.12. The minimum absolute atomic E-state index is 0.163. The summed E-state index contributed by atoms with van der Waals surface area (Å²) in [4.78, 5) is 24.3. The van der Waals surface area contributed by atoms with Gasteiger partial charge in [-0.1, -0.05) is 31.5 Å². The second-order valence-electron chi connectivity index (χ2n) is 6.01. The smallest absolute Gasteiger partial charge is 0.321 e. The van der Waals surface area contributed by atoms with E-state index in [1.165, 1.54) is 0 Å². The van der Waals surface area contributed by atoms with Crippen molar-refractivity contribution in [2.24, 2.45) is 5.41 Å². The lowest BCUT2D eigenvalue weighted by Crippen LogP contribution is -2.38. The van der Waals surface area contributed by atoms with Crippen molar-refractivity contribution < 1.29 is 9.59 Å². The zero-order valence-corrected chi connectivity index (χ0v) is 11.3. The predicted octanol–water partition coefficient (Wildman–Crippen LogP) is 2.04. The molecule has 1 spiro atoms. The van der Waals surface area contributed by atoms with E-state index in [1.54, 1.807) is 0 Å². The Morgan fingerprint density at radius 2 is 1.79 bits per heavy atom. The monoisotopic (exact) mass is 259 g/mol. The molecule has 2 N–H and O–H groups in total. The van der Waals surface area contributed by atoms with Crippen molar-refractivity contribution in [3.63, 3.8) is 0 Å². The third kappa shape index (κ3) is 1.61. The number of nitrogens with zero attached hydrogens (tertiary/aromatic N) is 1. The Bertz CT molecular complexity index is 565. The molecule has 1 unspecified atom stereocenters. The van der Waals surface area contributed by atoms with Crippen LogP contribution in [0.1, 0.15) is 25.8 Å². The highest BCUT2D eigenvalue weighted by Crippen LogP contribution is 2.58. The highest BCUT2D eigenvalue weighted by Gasteiger charge is 2.72. The SMILES string of the molecule is Cc1ccc(NN2C(=O)NC3(CC3(C)C)C2=O)cc1. The molecule has 2 fully saturated rings. The van der Waals surface area contributed by atoms with Gasteiger partial charge in [0.05, 0.1) is 5.69 Å². The molecule has 5 heteroatoms. The second kappa shape index (κ2) is 3.50. The summed E-state index contributed by atoms with van der Waals surface area (Å²) in [6.45, 7) is 5.96. The van der Waals surface area contributed by atoms with E-state index in [-0.39, 0.29) is 17.4 Å². The first-order valence-corrected chi connectivity index (χ1v) is 6.36. The number of benzene rings is 1. The summed E-state index contributed by atoms with van der Waals surface area (Å²) < 4.78 is 0. The van der Waals surface area contributed by atoms with Crippen molar-refractivity contribution in [2.45, 2.75) is 32.7 Å². The van der Waals surface area contributed by atoms with Crippen LogP contribution in [0, 0.1) is 12.3 Å². The van der Waals surface area contributed by atoms with Crippen molar-refractivity contribution in [1.29, 1.82) is 0 Å². The molecule has 0 aromatic heterocycles. The van der Waals surface area contributed by atoms with Crippen LogP contribution in [0.25, 0.3) is 0 Å². The second-order valence-corrected chi connectivity index (χ2v) is 6.01. The van der Waals surface area contributed by atoms with Crippen molar-refractivity contribution in [2.75, 3.05) is 5.43 Å². The Hall–Kier alpha value is -2.04. The largest absolute Gasteiger partial charge is 0.344 e. The molecule has 1 heterocycles. The van der Waals surface area contributed by atoms with Gasteiger partial charge in [-0.2, -0.15) is 5.01 Å². The number of nitrogens with one attached hydrogen (secondary N) is 2. The minimum atomic E-state index is -0.707. The van der Waals surface area contributed by atoms with Crippen LogP contribution in [-0.4, -0.2) is 22.5 Å². The normalized spacial score (nSPS) is 27.6. The molecule has 1 aromatic carbocycles. The first kappa shape index (κ1) is 12.0. The van der Waals surface area contributed by atoms with Gasteiger partial charge in [0.1, 0.15) is 5.54 Å². The summed E-state index contributed by atoms with van der Waals surface area (Å²) in [6.07, 6.45) is 0.691. The summed E-state index contributed by atoms with van der Waals surface area (Å²) in [6, 6.07) is 7.17. The number of amides is 3. The molecule has 0 radical (unpaired) electrons. The third-order valence-electron chi connectivity index (χ3n) is 4.12. The molecule has 1 aliphatic heterocycles. The van der Waals surface area contributed by atoms with Gasteiger partial charge in [-0.3, -0.25) is 10.2 Å². The van der Waals surface area contributed by atoms with Gasteiger partial charge in [0.15, 0.2) is 0 Å². The van der Waals surface area contributed by atoms with Gasteiger partial charge in [-0.15, -0.1) is 0 Å². The molecule has 100 valence electrons. The zero-order valence-electron chi connectivity index (χ0n) is 11.3. The Labute approximate surface area is 111 Å². The van der Waals surface area contributed by atoms with Gasteiger partial charge in [0.2, 0.25) is 0 Å². The van der Waals surface area contributed by atoms with Crippen LogP contribution in [0.5, 0.6) is 0 Å². The number of urea groups is 1. The van der Waals surface area contributed by atoms with Crippen molar-refractivity contribution in [3.05, 3.63) is 29.8 Å².